The Kier molecular flexibility index (Phi) is 7.72. The molecule has 2 heterocycles. The van der Waals surface area contributed by atoms with Crippen LogP contribution in [0.25, 0.3) is 0 Å². The average molecular weight is 615 g/mol. The number of carboxylic acids is 1. The van der Waals surface area contributed by atoms with Gasteiger partial charge in [0, 0.05) is 17.6 Å². The number of fused-ring (bicyclic) bond motifs is 2. The third-order valence-electron chi connectivity index (χ3n) is 7.99. The van der Waals surface area contributed by atoms with Gasteiger partial charge >= 0.3 is 5.97 Å². The molecule has 1 fully saturated rings. The molecule has 3 N–H and O–H groups in total. The first-order chi connectivity index (χ1) is 19.8. The van der Waals surface area contributed by atoms with Gasteiger partial charge in [-0.3, -0.25) is 9.59 Å². The molecular weight excluding hydrogens is 584 g/mol. The molecule has 2 aliphatic rings. The van der Waals surface area contributed by atoms with Gasteiger partial charge < -0.3 is 20.5 Å². The van der Waals surface area contributed by atoms with Crippen LogP contribution in [-0.4, -0.2) is 46.5 Å². The first-order valence-corrected chi connectivity index (χ1v) is 14.0. The van der Waals surface area contributed by atoms with Crippen molar-refractivity contribution < 1.29 is 28.6 Å². The van der Waals surface area contributed by atoms with E-state index in [1.165, 1.54) is 41.9 Å². The number of hydrogen-bond donors (Lipinski definition) is 3. The molecule has 1 spiro atoms. The van der Waals surface area contributed by atoms with Crippen LogP contribution in [0.5, 0.6) is 5.75 Å². The Bertz CT molecular complexity index is 1590. The number of nitrogens with zero attached hydrogens (tertiary/aromatic N) is 1. The molecule has 0 bridgehead atoms. The number of halogens is 3. The highest BCUT2D eigenvalue weighted by Crippen LogP contribution is 2.60. The predicted molar refractivity (Wildman–Crippen MR) is 159 cm³/mol. The van der Waals surface area contributed by atoms with E-state index in [4.69, 9.17) is 28.1 Å². The fourth-order valence-corrected chi connectivity index (χ4v) is 6.94. The molecule has 2 amide bonds. The minimum atomic E-state index is -1.46. The van der Waals surface area contributed by atoms with Gasteiger partial charge in [0.15, 0.2) is 0 Å². The fourth-order valence-electron chi connectivity index (χ4n) is 6.33. The van der Waals surface area contributed by atoms with Crippen LogP contribution in [0.3, 0.4) is 0 Å². The van der Waals surface area contributed by atoms with E-state index in [2.05, 4.69) is 10.6 Å². The standard InChI is InChI=1S/C31H30Cl2FN3O5/c1-30(2,3)15-23-31(18-9-5-6-11-20(18)36-29(31)41)24(17-8-7-10-19(32)25(17)34)26(37(23)33)27(38)35-21-13-12-16(28(39)40)14-22(21)42-4/h5-14,23-24,26H,15H2,1-4H3,(H,35,38)(H,36,41)(H,39,40)/t23-,24-,26+,31+/m1/s1. The Morgan fingerprint density at radius 2 is 1.86 bits per heavy atom. The Morgan fingerprint density at radius 1 is 1.14 bits per heavy atom. The monoisotopic (exact) mass is 613 g/mol. The summed E-state index contributed by atoms with van der Waals surface area (Å²) in [6.07, 6.45) is 0.386. The van der Waals surface area contributed by atoms with E-state index >= 15 is 4.39 Å². The third kappa shape index (κ3) is 4.79. The van der Waals surface area contributed by atoms with E-state index < -0.39 is 47.0 Å². The largest absolute Gasteiger partial charge is 0.495 e. The number of para-hydroxylation sites is 1. The van der Waals surface area contributed by atoms with Crippen LogP contribution in [0.4, 0.5) is 15.8 Å². The van der Waals surface area contributed by atoms with Crippen molar-refractivity contribution in [2.45, 2.75) is 50.6 Å². The number of benzene rings is 3. The van der Waals surface area contributed by atoms with Gasteiger partial charge in [-0.2, -0.15) is 0 Å². The molecule has 1 saturated heterocycles. The number of anilines is 2. The maximum atomic E-state index is 16.0. The van der Waals surface area contributed by atoms with Gasteiger partial charge in [0.2, 0.25) is 11.8 Å². The number of aromatic carboxylic acids is 1. The minimum Gasteiger partial charge on any atom is -0.495 e. The molecule has 11 heteroatoms. The number of amides is 2. The molecule has 8 nitrogen and oxygen atoms in total. The zero-order valence-electron chi connectivity index (χ0n) is 23.4. The van der Waals surface area contributed by atoms with Crippen molar-refractivity contribution in [1.82, 2.24) is 4.42 Å². The molecule has 0 radical (unpaired) electrons. The normalized spacial score (nSPS) is 23.5. The highest BCUT2D eigenvalue weighted by molar-refractivity contribution is 6.30. The van der Waals surface area contributed by atoms with Crippen LogP contribution >= 0.6 is 23.4 Å². The number of rotatable bonds is 6. The van der Waals surface area contributed by atoms with E-state index in [0.717, 1.165) is 0 Å². The summed E-state index contributed by atoms with van der Waals surface area (Å²) < 4.78 is 22.6. The van der Waals surface area contributed by atoms with Gasteiger partial charge in [-0.05, 0) is 65.1 Å². The molecule has 5 rings (SSSR count). The molecule has 220 valence electrons. The van der Waals surface area contributed by atoms with Gasteiger partial charge in [-0.15, -0.1) is 0 Å². The number of carboxylic acid groups (broad SMARTS) is 1. The zero-order chi connectivity index (χ0) is 30.6. The molecule has 4 atom stereocenters. The van der Waals surface area contributed by atoms with Crippen molar-refractivity contribution in [1.29, 1.82) is 0 Å². The number of nitrogens with one attached hydrogen (secondary N) is 2. The van der Waals surface area contributed by atoms with Crippen LogP contribution in [0, 0.1) is 11.2 Å². The summed E-state index contributed by atoms with van der Waals surface area (Å²) in [4.78, 5) is 40.0. The zero-order valence-corrected chi connectivity index (χ0v) is 24.9. The predicted octanol–water partition coefficient (Wildman–Crippen LogP) is 6.44. The van der Waals surface area contributed by atoms with Gasteiger partial charge in [0.25, 0.3) is 0 Å². The summed E-state index contributed by atoms with van der Waals surface area (Å²) in [5, 5.41) is 15.0. The number of carbonyl (C=O) groups excluding carboxylic acids is 2. The molecule has 0 aliphatic carbocycles. The summed E-state index contributed by atoms with van der Waals surface area (Å²) in [6, 6.07) is 13.7. The Morgan fingerprint density at radius 3 is 2.52 bits per heavy atom. The van der Waals surface area contributed by atoms with E-state index in [-0.39, 0.29) is 33.0 Å². The van der Waals surface area contributed by atoms with E-state index in [1.54, 1.807) is 30.3 Å². The van der Waals surface area contributed by atoms with Crippen molar-refractivity contribution in [3.8, 4) is 5.75 Å². The summed E-state index contributed by atoms with van der Waals surface area (Å²) in [5.74, 6) is -3.94. The Balaban J connectivity index is 1.73. The molecule has 0 aromatic heterocycles. The summed E-state index contributed by atoms with van der Waals surface area (Å²) >= 11 is 13.4. The first kappa shape index (κ1) is 29.8. The maximum Gasteiger partial charge on any atom is 0.335 e. The highest BCUT2D eigenvalue weighted by atomic mass is 35.5. The number of ether oxygens (including phenoxy) is 1. The van der Waals surface area contributed by atoms with E-state index in [1.807, 2.05) is 20.8 Å². The van der Waals surface area contributed by atoms with Crippen molar-refractivity contribution in [2.75, 3.05) is 17.7 Å². The lowest BCUT2D eigenvalue weighted by atomic mass is 9.62. The Hall–Kier alpha value is -3.66. The van der Waals surface area contributed by atoms with Gasteiger partial charge in [-0.1, -0.05) is 62.7 Å². The van der Waals surface area contributed by atoms with Crippen LogP contribution in [0.2, 0.25) is 5.02 Å². The summed E-state index contributed by atoms with van der Waals surface area (Å²) in [5.41, 5.74) is -0.411. The number of methoxy groups -OCH3 is 1. The van der Waals surface area contributed by atoms with Crippen molar-refractivity contribution in [2.24, 2.45) is 5.41 Å². The molecule has 0 unspecified atom stereocenters. The lowest BCUT2D eigenvalue weighted by Gasteiger charge is -2.38. The maximum absolute atomic E-state index is 16.0. The smallest absolute Gasteiger partial charge is 0.335 e. The second-order valence-corrected chi connectivity index (χ2v) is 12.6. The van der Waals surface area contributed by atoms with Crippen molar-refractivity contribution in [3.05, 3.63) is 88.2 Å². The van der Waals surface area contributed by atoms with Crippen molar-refractivity contribution in [3.63, 3.8) is 0 Å². The van der Waals surface area contributed by atoms with Crippen LogP contribution in [-0.2, 0) is 15.0 Å². The molecule has 3 aromatic rings. The van der Waals surface area contributed by atoms with E-state index in [0.29, 0.717) is 17.7 Å². The summed E-state index contributed by atoms with van der Waals surface area (Å²) in [6.45, 7) is 6.00. The number of carbonyl (C=O) groups is 3. The summed E-state index contributed by atoms with van der Waals surface area (Å²) in [7, 11) is 1.35. The quantitative estimate of drug-likeness (QED) is 0.276. The van der Waals surface area contributed by atoms with Gasteiger partial charge in [0.1, 0.15) is 23.0 Å². The highest BCUT2D eigenvalue weighted by Gasteiger charge is 2.69. The van der Waals surface area contributed by atoms with Crippen LogP contribution in [0.1, 0.15) is 54.6 Å². The lowest BCUT2D eigenvalue weighted by Crippen LogP contribution is -2.49. The topological polar surface area (TPSA) is 108 Å². The molecule has 2 aliphatic heterocycles. The van der Waals surface area contributed by atoms with E-state index in [9.17, 15) is 19.5 Å². The minimum absolute atomic E-state index is 0.0352. The first-order valence-electron chi connectivity index (χ1n) is 13.3. The second kappa shape index (κ2) is 10.9. The molecule has 3 aromatic carbocycles. The third-order valence-corrected chi connectivity index (χ3v) is 8.73. The van der Waals surface area contributed by atoms with Crippen LogP contribution < -0.4 is 15.4 Å². The second-order valence-electron chi connectivity index (χ2n) is 11.8. The van der Waals surface area contributed by atoms with Gasteiger partial charge in [0.05, 0.1) is 23.4 Å². The number of hydrogen-bond acceptors (Lipinski definition) is 5. The molecular formula is C31H30Cl2FN3O5. The van der Waals surface area contributed by atoms with Crippen molar-refractivity contribution >= 4 is 52.5 Å². The Labute approximate surface area is 252 Å². The van der Waals surface area contributed by atoms with Crippen LogP contribution in [0.15, 0.2) is 60.7 Å². The SMILES string of the molecule is COc1cc(C(=O)O)ccc1NC(=O)[C@@H]1[C@@H](c2cccc(Cl)c2F)[C@@]2(C(=O)Nc3ccccc32)[C@@H](CC(C)(C)C)N1Cl. The lowest BCUT2D eigenvalue weighted by molar-refractivity contribution is -0.122. The molecule has 0 saturated carbocycles. The fraction of sp³-hybridized carbons (Fsp3) is 0.323. The van der Waals surface area contributed by atoms with Gasteiger partial charge in [-0.25, -0.2) is 13.6 Å². The average Bonchev–Trinajstić information content (AvgIpc) is 3.36. The molecule has 42 heavy (non-hydrogen) atoms.